The summed E-state index contributed by atoms with van der Waals surface area (Å²) in [6.45, 7) is 1.41. The molecular weight excluding hydrogens is 402 g/mol. The molecule has 11 nitrogen and oxygen atoms in total. The zero-order valence-corrected chi connectivity index (χ0v) is 16.1. The number of thiocarbonyl (C=S) groups is 1. The van der Waals surface area contributed by atoms with E-state index >= 15 is 0 Å². The van der Waals surface area contributed by atoms with E-state index in [1.807, 2.05) is 0 Å². The van der Waals surface area contributed by atoms with Crippen LogP contribution >= 0.6 is 12.2 Å². The van der Waals surface area contributed by atoms with E-state index < -0.39 is 27.1 Å². The van der Waals surface area contributed by atoms with Crippen molar-refractivity contribution in [2.75, 3.05) is 17.3 Å². The van der Waals surface area contributed by atoms with Crippen LogP contribution in [0.5, 0.6) is 0 Å². The molecule has 29 heavy (non-hydrogen) atoms. The Labute approximate surface area is 169 Å². The molecule has 0 unspecified atom stereocenters. The van der Waals surface area contributed by atoms with Crippen molar-refractivity contribution in [1.29, 1.82) is 0 Å². The molecule has 12 heteroatoms. The molecule has 0 aliphatic carbocycles. The number of anilines is 2. The molecule has 0 saturated heterocycles. The van der Waals surface area contributed by atoms with Crippen molar-refractivity contribution < 1.29 is 19.4 Å². The maximum Gasteiger partial charge on any atom is 0.277 e. The number of rotatable bonds is 5. The van der Waals surface area contributed by atoms with Gasteiger partial charge in [-0.05, 0) is 30.4 Å². The molecule has 0 spiro atoms. The highest BCUT2D eigenvalue weighted by molar-refractivity contribution is 7.80. The Morgan fingerprint density at radius 3 is 2.14 bits per heavy atom. The first-order valence-corrected chi connectivity index (χ1v) is 8.40. The summed E-state index contributed by atoms with van der Waals surface area (Å²) < 4.78 is 0. The van der Waals surface area contributed by atoms with E-state index in [9.17, 15) is 29.8 Å². The number of amides is 2. The van der Waals surface area contributed by atoms with Crippen LogP contribution in [0.15, 0.2) is 42.5 Å². The standard InChI is InChI=1S/C17H15N5O6S/c1-10(23)20(2)13-5-3-4-12(8-13)18-17(29)19-16(24)11-6-14(21(25)26)9-15(7-11)22(27)28/h3-9H,1-2H3,(H2,18,19,24,29). The van der Waals surface area contributed by atoms with Crippen LogP contribution < -0.4 is 15.5 Å². The molecule has 0 heterocycles. The molecule has 2 N–H and O–H groups in total. The third kappa shape index (κ3) is 5.52. The zero-order chi connectivity index (χ0) is 21.7. The predicted octanol–water partition coefficient (Wildman–Crippen LogP) is 2.61. The number of nitrogens with one attached hydrogen (secondary N) is 2. The van der Waals surface area contributed by atoms with Crippen molar-refractivity contribution in [3.05, 3.63) is 68.3 Å². The van der Waals surface area contributed by atoms with E-state index in [1.54, 1.807) is 31.3 Å². The minimum Gasteiger partial charge on any atom is -0.332 e. The quantitative estimate of drug-likeness (QED) is 0.428. The first kappa shape index (κ1) is 21.4. The number of nitro groups is 2. The topological polar surface area (TPSA) is 148 Å². The second-order valence-electron chi connectivity index (χ2n) is 5.79. The predicted molar refractivity (Wildman–Crippen MR) is 109 cm³/mol. The van der Waals surface area contributed by atoms with Gasteiger partial charge in [0.15, 0.2) is 5.11 Å². The van der Waals surface area contributed by atoms with Gasteiger partial charge >= 0.3 is 0 Å². The second-order valence-corrected chi connectivity index (χ2v) is 6.20. The van der Waals surface area contributed by atoms with Gasteiger partial charge in [0.2, 0.25) is 5.91 Å². The number of hydrogen-bond donors (Lipinski definition) is 2. The number of non-ortho nitro benzene ring substituents is 2. The highest BCUT2D eigenvalue weighted by atomic mass is 32.1. The van der Waals surface area contributed by atoms with Gasteiger partial charge in [-0.1, -0.05) is 6.07 Å². The number of hydrogen-bond acceptors (Lipinski definition) is 7. The van der Waals surface area contributed by atoms with Crippen molar-refractivity contribution in [2.45, 2.75) is 6.92 Å². The van der Waals surface area contributed by atoms with Gasteiger partial charge in [0, 0.05) is 37.5 Å². The van der Waals surface area contributed by atoms with Gasteiger partial charge in [-0.15, -0.1) is 0 Å². The van der Waals surface area contributed by atoms with Gasteiger partial charge < -0.3 is 10.2 Å². The fourth-order valence-corrected chi connectivity index (χ4v) is 2.46. The molecule has 0 aromatic heterocycles. The number of benzene rings is 2. The van der Waals surface area contributed by atoms with Crippen molar-refractivity contribution in [2.24, 2.45) is 0 Å². The van der Waals surface area contributed by atoms with Crippen molar-refractivity contribution in [3.8, 4) is 0 Å². The summed E-state index contributed by atoms with van der Waals surface area (Å²) in [6, 6.07) is 9.22. The summed E-state index contributed by atoms with van der Waals surface area (Å²) in [5, 5.41) is 26.8. The SMILES string of the molecule is CC(=O)N(C)c1cccc(NC(=S)NC(=O)c2cc([N+](=O)[O-])cc([N+](=O)[O-])c2)c1. The minimum absolute atomic E-state index is 0.133. The lowest BCUT2D eigenvalue weighted by atomic mass is 10.1. The number of nitrogens with zero attached hydrogens (tertiary/aromatic N) is 3. The Kier molecular flexibility index (Phi) is 6.51. The zero-order valence-electron chi connectivity index (χ0n) is 15.2. The molecule has 2 amide bonds. The number of nitro benzene ring substituents is 2. The molecule has 0 bridgehead atoms. The van der Waals surface area contributed by atoms with Gasteiger partial charge in [-0.25, -0.2) is 0 Å². The molecule has 0 aliphatic rings. The molecule has 0 fully saturated rings. The molecule has 0 radical (unpaired) electrons. The normalized spacial score (nSPS) is 10.0. The summed E-state index contributed by atoms with van der Waals surface area (Å²) in [5.41, 5.74) is -0.414. The van der Waals surface area contributed by atoms with Crippen LogP contribution in [0.2, 0.25) is 0 Å². The average Bonchev–Trinajstić information content (AvgIpc) is 2.66. The van der Waals surface area contributed by atoms with Gasteiger partial charge in [0.25, 0.3) is 17.3 Å². The Balaban J connectivity index is 2.16. The molecule has 2 aromatic carbocycles. The van der Waals surface area contributed by atoms with E-state index in [1.165, 1.54) is 11.8 Å². The highest BCUT2D eigenvalue weighted by Gasteiger charge is 2.20. The number of carbonyl (C=O) groups excluding carboxylic acids is 2. The van der Waals surface area contributed by atoms with Crippen LogP contribution in [-0.2, 0) is 4.79 Å². The fourth-order valence-electron chi connectivity index (χ4n) is 2.25. The lowest BCUT2D eigenvalue weighted by Gasteiger charge is -2.16. The van der Waals surface area contributed by atoms with Crippen LogP contribution in [0.1, 0.15) is 17.3 Å². The van der Waals surface area contributed by atoms with Crippen LogP contribution in [0.3, 0.4) is 0 Å². The van der Waals surface area contributed by atoms with Crippen molar-refractivity contribution in [3.63, 3.8) is 0 Å². The Hall–Kier alpha value is -3.93. The summed E-state index contributed by atoms with van der Waals surface area (Å²) in [6.07, 6.45) is 0. The van der Waals surface area contributed by atoms with E-state index in [4.69, 9.17) is 12.2 Å². The van der Waals surface area contributed by atoms with Crippen LogP contribution in [-0.4, -0.2) is 33.8 Å². The van der Waals surface area contributed by atoms with Crippen molar-refractivity contribution in [1.82, 2.24) is 5.32 Å². The molecule has 0 atom stereocenters. The Bertz CT molecular complexity index is 993. The number of carbonyl (C=O) groups is 2. The van der Waals surface area contributed by atoms with E-state index in [-0.39, 0.29) is 16.6 Å². The Morgan fingerprint density at radius 2 is 1.62 bits per heavy atom. The fraction of sp³-hybridized carbons (Fsp3) is 0.118. The van der Waals surface area contributed by atoms with Gasteiger partial charge in [0.05, 0.1) is 21.5 Å². The third-order valence-electron chi connectivity index (χ3n) is 3.78. The second kappa shape index (κ2) is 8.84. The Morgan fingerprint density at radius 1 is 1.03 bits per heavy atom. The summed E-state index contributed by atoms with van der Waals surface area (Å²) in [4.78, 5) is 45.4. The monoisotopic (exact) mass is 417 g/mol. The maximum atomic E-state index is 12.3. The summed E-state index contributed by atoms with van der Waals surface area (Å²) in [5.74, 6) is -1.03. The van der Waals surface area contributed by atoms with Crippen LogP contribution in [0, 0.1) is 20.2 Å². The van der Waals surface area contributed by atoms with E-state index in [0.717, 1.165) is 18.2 Å². The minimum atomic E-state index is -0.855. The maximum absolute atomic E-state index is 12.3. The first-order valence-electron chi connectivity index (χ1n) is 7.99. The van der Waals surface area contributed by atoms with Crippen LogP contribution in [0.4, 0.5) is 22.7 Å². The molecular formula is C17H15N5O6S. The third-order valence-corrected chi connectivity index (χ3v) is 3.98. The van der Waals surface area contributed by atoms with E-state index in [2.05, 4.69) is 10.6 Å². The average molecular weight is 417 g/mol. The first-order chi connectivity index (χ1) is 13.6. The van der Waals surface area contributed by atoms with Gasteiger partial charge in [-0.3, -0.25) is 35.1 Å². The molecule has 0 aliphatic heterocycles. The molecule has 150 valence electrons. The van der Waals surface area contributed by atoms with Gasteiger partial charge in [0.1, 0.15) is 0 Å². The molecule has 0 saturated carbocycles. The smallest absolute Gasteiger partial charge is 0.277 e. The van der Waals surface area contributed by atoms with Gasteiger partial charge in [-0.2, -0.15) is 0 Å². The highest BCUT2D eigenvalue weighted by Crippen LogP contribution is 2.23. The largest absolute Gasteiger partial charge is 0.332 e. The summed E-state index contributed by atoms with van der Waals surface area (Å²) in [7, 11) is 1.59. The van der Waals surface area contributed by atoms with Crippen LogP contribution in [0.25, 0.3) is 0 Å². The molecule has 2 rings (SSSR count). The van der Waals surface area contributed by atoms with Crippen molar-refractivity contribution >= 4 is 51.9 Å². The lowest BCUT2D eigenvalue weighted by molar-refractivity contribution is -0.394. The summed E-state index contributed by atoms with van der Waals surface area (Å²) >= 11 is 5.05. The lowest BCUT2D eigenvalue weighted by Crippen LogP contribution is -2.34. The van der Waals surface area contributed by atoms with E-state index in [0.29, 0.717) is 11.4 Å². The molecule has 2 aromatic rings.